The highest BCUT2D eigenvalue weighted by Gasteiger charge is 2.28. The molecule has 1 aliphatic heterocycles. The molecule has 0 radical (unpaired) electrons. The fourth-order valence-electron chi connectivity index (χ4n) is 2.25. The van der Waals surface area contributed by atoms with Gasteiger partial charge in [0.05, 0.1) is 17.7 Å². The summed E-state index contributed by atoms with van der Waals surface area (Å²) >= 11 is 0. The quantitative estimate of drug-likeness (QED) is 0.832. The van der Waals surface area contributed by atoms with Crippen LogP contribution in [-0.4, -0.2) is 39.8 Å². The number of aromatic carboxylic acids is 1. The van der Waals surface area contributed by atoms with E-state index in [1.807, 2.05) is 6.92 Å². The van der Waals surface area contributed by atoms with Crippen LogP contribution in [0, 0.1) is 0 Å². The van der Waals surface area contributed by atoms with Crippen LogP contribution < -0.4 is 0 Å². The summed E-state index contributed by atoms with van der Waals surface area (Å²) in [5, 5.41) is 18.7. The third kappa shape index (κ3) is 3.08. The summed E-state index contributed by atoms with van der Waals surface area (Å²) in [6.45, 7) is 3.86. The summed E-state index contributed by atoms with van der Waals surface area (Å²) < 4.78 is 5.19. The van der Waals surface area contributed by atoms with Crippen LogP contribution in [0.4, 0.5) is 0 Å². The minimum Gasteiger partial charge on any atom is -0.478 e. The molecular formula is C12H17NO4. The number of piperidine rings is 1. The summed E-state index contributed by atoms with van der Waals surface area (Å²) in [5.41, 5.74) is -0.482. The van der Waals surface area contributed by atoms with Crippen LogP contribution in [0.25, 0.3) is 0 Å². The second-order valence-corrected chi connectivity index (χ2v) is 4.92. The van der Waals surface area contributed by atoms with E-state index in [9.17, 15) is 9.90 Å². The maximum Gasteiger partial charge on any atom is 0.338 e. The summed E-state index contributed by atoms with van der Waals surface area (Å²) in [7, 11) is 0. The van der Waals surface area contributed by atoms with Crippen molar-refractivity contribution in [2.75, 3.05) is 13.1 Å². The van der Waals surface area contributed by atoms with Gasteiger partial charge >= 0.3 is 5.97 Å². The van der Waals surface area contributed by atoms with Crippen molar-refractivity contribution in [1.29, 1.82) is 0 Å². The van der Waals surface area contributed by atoms with Gasteiger partial charge in [0.25, 0.3) is 0 Å². The molecule has 1 unspecified atom stereocenters. The second kappa shape index (κ2) is 4.50. The number of carboxylic acid groups (broad SMARTS) is 1. The molecule has 0 aliphatic carbocycles. The molecule has 1 fully saturated rings. The van der Waals surface area contributed by atoms with Crippen LogP contribution in [0.3, 0.4) is 0 Å². The number of aliphatic hydroxyl groups is 1. The molecule has 1 atom stereocenters. The highest BCUT2D eigenvalue weighted by Crippen LogP contribution is 2.22. The van der Waals surface area contributed by atoms with Gasteiger partial charge in [0, 0.05) is 6.54 Å². The Balaban J connectivity index is 1.98. The summed E-state index contributed by atoms with van der Waals surface area (Å²) in [4.78, 5) is 12.8. The second-order valence-electron chi connectivity index (χ2n) is 4.92. The number of carbonyl (C=O) groups is 1. The van der Waals surface area contributed by atoms with Gasteiger partial charge < -0.3 is 14.6 Å². The number of β-amino-alcohol motifs (C(OH)–C–C–N with tert-alkyl or cyclic N) is 1. The lowest BCUT2D eigenvalue weighted by Crippen LogP contribution is -2.45. The van der Waals surface area contributed by atoms with Crippen molar-refractivity contribution in [2.24, 2.45) is 0 Å². The molecular weight excluding hydrogens is 222 g/mol. The first-order valence-corrected chi connectivity index (χ1v) is 5.72. The maximum atomic E-state index is 10.7. The normalized spacial score (nSPS) is 26.0. The van der Waals surface area contributed by atoms with Crippen LogP contribution in [-0.2, 0) is 6.54 Å². The van der Waals surface area contributed by atoms with Gasteiger partial charge in [-0.25, -0.2) is 4.79 Å². The zero-order valence-corrected chi connectivity index (χ0v) is 9.85. The topological polar surface area (TPSA) is 73.9 Å². The van der Waals surface area contributed by atoms with E-state index in [0.29, 0.717) is 18.8 Å². The molecule has 94 valence electrons. The molecule has 0 aromatic carbocycles. The van der Waals surface area contributed by atoms with E-state index >= 15 is 0 Å². The Hall–Kier alpha value is -1.33. The number of nitrogens with zero attached hydrogens (tertiary/aromatic N) is 1. The maximum absolute atomic E-state index is 10.7. The molecule has 0 spiro atoms. The van der Waals surface area contributed by atoms with E-state index in [1.54, 1.807) is 0 Å². The number of likely N-dealkylation sites (tertiary alicyclic amines) is 1. The van der Waals surface area contributed by atoms with E-state index in [0.717, 1.165) is 19.4 Å². The smallest absolute Gasteiger partial charge is 0.338 e. The van der Waals surface area contributed by atoms with Crippen LogP contribution in [0.2, 0.25) is 0 Å². The van der Waals surface area contributed by atoms with Crippen molar-refractivity contribution in [2.45, 2.75) is 31.9 Å². The first-order chi connectivity index (χ1) is 7.96. The molecule has 1 aliphatic rings. The third-order valence-corrected chi connectivity index (χ3v) is 3.03. The zero-order valence-electron chi connectivity index (χ0n) is 9.85. The Labute approximate surface area is 99.6 Å². The number of furan rings is 1. The predicted octanol–water partition coefficient (Wildman–Crippen LogP) is 1.32. The number of hydrogen-bond acceptors (Lipinski definition) is 4. The fourth-order valence-corrected chi connectivity index (χ4v) is 2.25. The van der Waals surface area contributed by atoms with Crippen LogP contribution in [0.15, 0.2) is 16.7 Å². The first-order valence-electron chi connectivity index (χ1n) is 5.72. The molecule has 1 aromatic heterocycles. The van der Waals surface area contributed by atoms with Gasteiger partial charge in [-0.15, -0.1) is 0 Å². The molecule has 0 saturated carbocycles. The van der Waals surface area contributed by atoms with E-state index < -0.39 is 11.6 Å². The summed E-state index contributed by atoms with van der Waals surface area (Å²) in [5.74, 6) is -0.356. The van der Waals surface area contributed by atoms with Gasteiger partial charge in [0.1, 0.15) is 12.0 Å². The average molecular weight is 239 g/mol. The Morgan fingerprint density at radius 2 is 2.41 bits per heavy atom. The van der Waals surface area contributed by atoms with Gasteiger partial charge in [-0.1, -0.05) is 0 Å². The standard InChI is InChI=1S/C12H17NO4/c1-12(16)3-2-4-13(8-12)6-10-5-9(7-17-10)11(14)15/h5,7,16H,2-4,6,8H2,1H3,(H,14,15). The number of carboxylic acids is 1. The largest absolute Gasteiger partial charge is 0.478 e. The Morgan fingerprint density at radius 1 is 1.65 bits per heavy atom. The SMILES string of the molecule is CC1(O)CCCN(Cc2cc(C(=O)O)co2)C1. The zero-order chi connectivity index (χ0) is 12.5. The van der Waals surface area contributed by atoms with Crippen molar-refractivity contribution in [3.8, 4) is 0 Å². The molecule has 0 bridgehead atoms. The first kappa shape index (κ1) is 12.1. The minimum absolute atomic E-state index is 0.170. The number of hydrogen-bond donors (Lipinski definition) is 2. The van der Waals surface area contributed by atoms with Gasteiger partial charge in [-0.3, -0.25) is 4.90 Å². The van der Waals surface area contributed by atoms with Crippen LogP contribution in [0.5, 0.6) is 0 Å². The third-order valence-electron chi connectivity index (χ3n) is 3.03. The summed E-state index contributed by atoms with van der Waals surface area (Å²) in [6, 6.07) is 1.53. The predicted molar refractivity (Wildman–Crippen MR) is 60.8 cm³/mol. The molecule has 5 nitrogen and oxygen atoms in total. The van der Waals surface area contributed by atoms with Gasteiger partial charge in [-0.2, -0.15) is 0 Å². The lowest BCUT2D eigenvalue weighted by atomic mass is 9.95. The van der Waals surface area contributed by atoms with Crippen molar-refractivity contribution in [1.82, 2.24) is 4.90 Å². The highest BCUT2D eigenvalue weighted by atomic mass is 16.4. The Morgan fingerprint density at radius 3 is 3.00 bits per heavy atom. The van der Waals surface area contributed by atoms with Crippen molar-refractivity contribution < 1.29 is 19.4 Å². The van der Waals surface area contributed by atoms with Crippen molar-refractivity contribution in [3.63, 3.8) is 0 Å². The van der Waals surface area contributed by atoms with E-state index in [4.69, 9.17) is 9.52 Å². The van der Waals surface area contributed by atoms with Gasteiger partial charge in [-0.05, 0) is 32.4 Å². The monoisotopic (exact) mass is 239 g/mol. The lowest BCUT2D eigenvalue weighted by molar-refractivity contribution is -0.0198. The van der Waals surface area contributed by atoms with Crippen molar-refractivity contribution >= 4 is 5.97 Å². The molecule has 2 N–H and O–H groups in total. The molecule has 5 heteroatoms. The molecule has 2 heterocycles. The minimum atomic E-state index is -0.981. The van der Waals surface area contributed by atoms with Gasteiger partial charge in [0.15, 0.2) is 0 Å². The highest BCUT2D eigenvalue weighted by molar-refractivity contribution is 5.87. The Kier molecular flexibility index (Phi) is 3.22. The molecule has 1 aromatic rings. The lowest BCUT2D eigenvalue weighted by Gasteiger charge is -2.36. The molecule has 2 rings (SSSR count). The molecule has 17 heavy (non-hydrogen) atoms. The molecule has 1 saturated heterocycles. The average Bonchev–Trinajstić information content (AvgIpc) is 2.64. The van der Waals surface area contributed by atoms with Crippen LogP contribution >= 0.6 is 0 Å². The summed E-state index contributed by atoms with van der Waals surface area (Å²) in [6.07, 6.45) is 3.00. The van der Waals surface area contributed by atoms with E-state index in [1.165, 1.54) is 12.3 Å². The number of rotatable bonds is 3. The van der Waals surface area contributed by atoms with Crippen molar-refractivity contribution in [3.05, 3.63) is 23.7 Å². The fraction of sp³-hybridized carbons (Fsp3) is 0.583. The van der Waals surface area contributed by atoms with Gasteiger partial charge in [0.2, 0.25) is 0 Å². The van der Waals surface area contributed by atoms with E-state index in [2.05, 4.69) is 4.90 Å². The molecule has 0 amide bonds. The Bertz CT molecular complexity index is 410. The van der Waals surface area contributed by atoms with E-state index in [-0.39, 0.29) is 5.56 Å². The van der Waals surface area contributed by atoms with Crippen LogP contribution in [0.1, 0.15) is 35.9 Å².